The number of imidazole rings is 1. The third kappa shape index (κ3) is 2.54. The number of carboxylic acid groups (broad SMARTS) is 1. The first-order valence-electron chi connectivity index (χ1n) is 6.57. The van der Waals surface area contributed by atoms with E-state index in [0.29, 0.717) is 17.3 Å². The molecule has 0 unspecified atom stereocenters. The first-order valence-corrected chi connectivity index (χ1v) is 6.57. The number of hydrogen-bond donors (Lipinski definition) is 2. The SMILES string of the molecule is COc1ccc(-c2[nH]c(-c3ccncc3)nc2C(=O)O)cc1. The summed E-state index contributed by atoms with van der Waals surface area (Å²) in [6.45, 7) is 0. The van der Waals surface area contributed by atoms with Crippen LogP contribution in [-0.2, 0) is 0 Å². The molecular formula is C16H13N3O3. The Bertz CT molecular complexity index is 795. The van der Waals surface area contributed by atoms with Gasteiger partial charge in [-0.05, 0) is 36.4 Å². The Morgan fingerprint density at radius 2 is 1.77 bits per heavy atom. The van der Waals surface area contributed by atoms with Crippen LogP contribution in [-0.4, -0.2) is 33.1 Å². The molecule has 0 saturated carbocycles. The lowest BCUT2D eigenvalue weighted by Gasteiger charge is -2.02. The number of methoxy groups -OCH3 is 1. The van der Waals surface area contributed by atoms with E-state index in [1.807, 2.05) is 0 Å². The molecule has 0 atom stereocenters. The van der Waals surface area contributed by atoms with Crippen molar-refractivity contribution in [3.8, 4) is 28.4 Å². The van der Waals surface area contributed by atoms with E-state index in [1.165, 1.54) is 0 Å². The summed E-state index contributed by atoms with van der Waals surface area (Å²) in [6.07, 6.45) is 3.26. The van der Waals surface area contributed by atoms with Crippen molar-refractivity contribution in [2.75, 3.05) is 7.11 Å². The van der Waals surface area contributed by atoms with Gasteiger partial charge in [0.25, 0.3) is 0 Å². The Hall–Kier alpha value is -3.15. The van der Waals surface area contributed by atoms with Crippen molar-refractivity contribution in [3.05, 3.63) is 54.5 Å². The number of aromatic carboxylic acids is 1. The van der Waals surface area contributed by atoms with Crippen LogP contribution in [0, 0.1) is 0 Å². The average Bonchev–Trinajstić information content (AvgIpc) is 3.01. The molecule has 0 saturated heterocycles. The van der Waals surface area contributed by atoms with Crippen molar-refractivity contribution in [2.24, 2.45) is 0 Å². The number of nitrogens with zero attached hydrogens (tertiary/aromatic N) is 2. The zero-order valence-electron chi connectivity index (χ0n) is 11.8. The summed E-state index contributed by atoms with van der Waals surface area (Å²) in [7, 11) is 1.58. The van der Waals surface area contributed by atoms with E-state index >= 15 is 0 Å². The maximum Gasteiger partial charge on any atom is 0.356 e. The van der Waals surface area contributed by atoms with Crippen molar-refractivity contribution >= 4 is 5.97 Å². The van der Waals surface area contributed by atoms with Crippen LogP contribution in [0.15, 0.2) is 48.8 Å². The molecule has 22 heavy (non-hydrogen) atoms. The summed E-state index contributed by atoms with van der Waals surface area (Å²) in [5.74, 6) is 0.113. The van der Waals surface area contributed by atoms with Gasteiger partial charge in [-0.15, -0.1) is 0 Å². The fourth-order valence-corrected chi connectivity index (χ4v) is 2.14. The van der Waals surface area contributed by atoms with Gasteiger partial charge in [-0.25, -0.2) is 9.78 Å². The number of carbonyl (C=O) groups is 1. The van der Waals surface area contributed by atoms with Gasteiger partial charge in [-0.2, -0.15) is 0 Å². The van der Waals surface area contributed by atoms with Crippen molar-refractivity contribution in [3.63, 3.8) is 0 Å². The number of H-pyrrole nitrogens is 1. The van der Waals surface area contributed by atoms with Crippen LogP contribution in [0.5, 0.6) is 5.75 Å². The molecule has 0 fully saturated rings. The molecule has 1 aromatic carbocycles. The van der Waals surface area contributed by atoms with Gasteiger partial charge in [-0.1, -0.05) is 0 Å². The topological polar surface area (TPSA) is 88.1 Å². The third-order valence-corrected chi connectivity index (χ3v) is 3.24. The predicted molar refractivity (Wildman–Crippen MR) is 80.8 cm³/mol. The highest BCUT2D eigenvalue weighted by atomic mass is 16.5. The maximum atomic E-state index is 11.4. The van der Waals surface area contributed by atoms with Gasteiger partial charge in [-0.3, -0.25) is 4.98 Å². The van der Waals surface area contributed by atoms with E-state index in [2.05, 4.69) is 15.0 Å². The minimum atomic E-state index is -1.08. The molecule has 0 aliphatic heterocycles. The number of nitrogens with one attached hydrogen (secondary N) is 1. The van der Waals surface area contributed by atoms with Crippen molar-refractivity contribution < 1.29 is 14.6 Å². The van der Waals surface area contributed by atoms with Crippen molar-refractivity contribution in [2.45, 2.75) is 0 Å². The number of pyridine rings is 1. The fraction of sp³-hybridized carbons (Fsp3) is 0.0625. The standard InChI is InChI=1S/C16H13N3O3/c1-22-12-4-2-10(3-5-12)13-14(16(20)21)19-15(18-13)11-6-8-17-9-7-11/h2-9H,1H3,(H,18,19)(H,20,21). The van der Waals surface area contributed by atoms with Crippen LogP contribution < -0.4 is 4.74 Å². The van der Waals surface area contributed by atoms with Crippen LogP contribution in [0.1, 0.15) is 10.5 Å². The summed E-state index contributed by atoms with van der Waals surface area (Å²) >= 11 is 0. The molecule has 0 bridgehead atoms. The van der Waals surface area contributed by atoms with E-state index in [-0.39, 0.29) is 5.69 Å². The van der Waals surface area contributed by atoms with Crippen molar-refractivity contribution in [1.82, 2.24) is 15.0 Å². The smallest absolute Gasteiger partial charge is 0.356 e. The Balaban J connectivity index is 2.09. The molecule has 0 spiro atoms. The minimum absolute atomic E-state index is 0.0167. The highest BCUT2D eigenvalue weighted by Crippen LogP contribution is 2.27. The molecule has 3 rings (SSSR count). The lowest BCUT2D eigenvalue weighted by atomic mass is 10.1. The highest BCUT2D eigenvalue weighted by Gasteiger charge is 2.18. The number of hydrogen-bond acceptors (Lipinski definition) is 4. The van der Waals surface area contributed by atoms with Crippen LogP contribution in [0.3, 0.4) is 0 Å². The Labute approximate surface area is 126 Å². The van der Waals surface area contributed by atoms with E-state index in [0.717, 1.165) is 11.1 Å². The average molecular weight is 295 g/mol. The normalized spacial score (nSPS) is 10.4. The highest BCUT2D eigenvalue weighted by molar-refractivity contribution is 5.94. The lowest BCUT2D eigenvalue weighted by Crippen LogP contribution is -1.99. The zero-order chi connectivity index (χ0) is 15.5. The maximum absolute atomic E-state index is 11.4. The first kappa shape index (κ1) is 13.8. The van der Waals surface area contributed by atoms with Crippen LogP contribution in [0.25, 0.3) is 22.6 Å². The monoisotopic (exact) mass is 295 g/mol. The number of benzene rings is 1. The number of rotatable bonds is 4. The van der Waals surface area contributed by atoms with Gasteiger partial charge >= 0.3 is 5.97 Å². The van der Waals surface area contributed by atoms with Gasteiger partial charge < -0.3 is 14.8 Å². The van der Waals surface area contributed by atoms with Gasteiger partial charge in [0.1, 0.15) is 11.6 Å². The molecule has 6 nitrogen and oxygen atoms in total. The number of ether oxygens (including phenoxy) is 1. The molecule has 2 N–H and O–H groups in total. The van der Waals surface area contributed by atoms with Gasteiger partial charge in [0.2, 0.25) is 0 Å². The quantitative estimate of drug-likeness (QED) is 0.772. The number of aromatic nitrogens is 3. The lowest BCUT2D eigenvalue weighted by molar-refractivity contribution is 0.0692. The van der Waals surface area contributed by atoms with Crippen molar-refractivity contribution in [1.29, 1.82) is 0 Å². The van der Waals surface area contributed by atoms with Gasteiger partial charge in [0.15, 0.2) is 5.69 Å². The second kappa shape index (κ2) is 5.69. The summed E-state index contributed by atoms with van der Waals surface area (Å²) in [5.41, 5.74) is 1.95. The number of aromatic amines is 1. The van der Waals surface area contributed by atoms with Crippen LogP contribution >= 0.6 is 0 Å². The molecule has 0 aliphatic carbocycles. The molecule has 3 aromatic rings. The molecule has 6 heteroatoms. The zero-order valence-corrected chi connectivity index (χ0v) is 11.8. The molecule has 110 valence electrons. The fourth-order valence-electron chi connectivity index (χ4n) is 2.14. The second-order valence-corrected chi connectivity index (χ2v) is 4.58. The second-order valence-electron chi connectivity index (χ2n) is 4.58. The molecule has 0 aliphatic rings. The molecule has 0 radical (unpaired) electrons. The molecular weight excluding hydrogens is 282 g/mol. The van der Waals surface area contributed by atoms with Crippen LogP contribution in [0.4, 0.5) is 0 Å². The van der Waals surface area contributed by atoms with E-state index in [4.69, 9.17) is 4.74 Å². The van der Waals surface area contributed by atoms with Gasteiger partial charge in [0.05, 0.1) is 12.8 Å². The van der Waals surface area contributed by atoms with E-state index < -0.39 is 5.97 Å². The molecule has 0 amide bonds. The Morgan fingerprint density at radius 1 is 1.09 bits per heavy atom. The third-order valence-electron chi connectivity index (χ3n) is 3.24. The first-order chi connectivity index (χ1) is 10.7. The summed E-state index contributed by atoms with van der Waals surface area (Å²) in [5, 5.41) is 9.37. The molecule has 2 heterocycles. The number of carboxylic acids is 1. The van der Waals surface area contributed by atoms with E-state index in [9.17, 15) is 9.90 Å². The Morgan fingerprint density at radius 3 is 2.36 bits per heavy atom. The van der Waals surface area contributed by atoms with Gasteiger partial charge in [0, 0.05) is 23.5 Å². The largest absolute Gasteiger partial charge is 0.497 e. The summed E-state index contributed by atoms with van der Waals surface area (Å²) in [4.78, 5) is 22.6. The Kier molecular flexibility index (Phi) is 3.57. The van der Waals surface area contributed by atoms with Crippen LogP contribution in [0.2, 0.25) is 0 Å². The summed E-state index contributed by atoms with van der Waals surface area (Å²) in [6, 6.07) is 10.6. The molecule has 2 aromatic heterocycles. The van der Waals surface area contributed by atoms with E-state index in [1.54, 1.807) is 55.9 Å². The predicted octanol–water partition coefficient (Wildman–Crippen LogP) is 2.85. The summed E-state index contributed by atoms with van der Waals surface area (Å²) < 4.78 is 5.11. The minimum Gasteiger partial charge on any atom is -0.497 e.